The number of benzene rings is 6. The van der Waals surface area contributed by atoms with Crippen molar-refractivity contribution < 1.29 is 0 Å². The average molecular weight is 589 g/mol. The molecule has 0 unspecified atom stereocenters. The van der Waals surface area contributed by atoms with Crippen molar-refractivity contribution in [2.45, 2.75) is 33.7 Å². The summed E-state index contributed by atoms with van der Waals surface area (Å²) in [5.41, 5.74) is 9.55. The molecule has 0 saturated carbocycles. The van der Waals surface area contributed by atoms with Crippen molar-refractivity contribution in [3.8, 4) is 0 Å². The monoisotopic (exact) mass is 588 g/mol. The topological polar surface area (TPSA) is 18.5 Å². The molecule has 0 bridgehead atoms. The van der Waals surface area contributed by atoms with E-state index in [-0.39, 0.29) is 0 Å². The lowest BCUT2D eigenvalue weighted by Gasteiger charge is -2.24. The van der Waals surface area contributed by atoms with Crippen molar-refractivity contribution in [2.75, 3.05) is 28.2 Å². The van der Waals surface area contributed by atoms with Gasteiger partial charge in [-0.05, 0) is 125 Å². The van der Waals surface area contributed by atoms with E-state index >= 15 is 0 Å². The average Bonchev–Trinajstić information content (AvgIpc) is 3.08. The maximum absolute atomic E-state index is 3.66. The summed E-state index contributed by atoms with van der Waals surface area (Å²) in [6, 6.07) is 53.0. The first-order chi connectivity index (χ1) is 22.1. The smallest absolute Gasteiger partial charge is 0.0638 e. The minimum absolute atomic E-state index is 0.347. The molecule has 3 heteroatoms. The summed E-state index contributed by atoms with van der Waals surface area (Å²) in [5.74, 6) is 1.23. The Morgan fingerprint density at radius 2 is 0.911 bits per heavy atom. The highest BCUT2D eigenvalue weighted by Crippen LogP contribution is 2.39. The largest absolute Gasteiger partial charge is 0.382 e. The lowest BCUT2D eigenvalue weighted by molar-refractivity contribution is 0.902. The van der Waals surface area contributed by atoms with Gasteiger partial charge >= 0.3 is 0 Å². The molecule has 6 aromatic rings. The van der Waals surface area contributed by atoms with Gasteiger partial charge in [0, 0.05) is 41.3 Å². The molecular weight excluding hydrogens is 546 g/mol. The Morgan fingerprint density at radius 1 is 0.489 bits per heavy atom. The predicted octanol–water partition coefficient (Wildman–Crippen LogP) is 11.0. The third-order valence-corrected chi connectivity index (χ3v) is 8.34. The number of fused-ring (bicyclic) bond motifs is 1. The number of hydrogen-bond donors (Lipinski definition) is 1. The van der Waals surface area contributed by atoms with Crippen LogP contribution in [0, 0.1) is 5.92 Å². The molecule has 0 aromatic heterocycles. The Bertz CT molecular complexity index is 1720. The lowest BCUT2D eigenvalue weighted by atomic mass is 9.82. The summed E-state index contributed by atoms with van der Waals surface area (Å²) in [6.07, 6.45) is 0. The molecule has 0 amide bonds. The number of nitrogens with one attached hydrogen (secondary N) is 1. The molecule has 0 radical (unpaired) electrons. The predicted molar refractivity (Wildman–Crippen MR) is 194 cm³/mol. The summed E-state index contributed by atoms with van der Waals surface area (Å²) in [7, 11) is 0. The van der Waals surface area contributed by atoms with Crippen LogP contribution >= 0.6 is 0 Å². The Labute approximate surface area is 268 Å². The lowest BCUT2D eigenvalue weighted by Crippen LogP contribution is -2.16. The van der Waals surface area contributed by atoms with Crippen LogP contribution in [0.5, 0.6) is 0 Å². The van der Waals surface area contributed by atoms with Gasteiger partial charge in [-0.1, -0.05) is 48.5 Å². The molecule has 3 nitrogen and oxygen atoms in total. The van der Waals surface area contributed by atoms with Crippen molar-refractivity contribution in [3.05, 3.63) is 168 Å². The molecule has 0 aliphatic rings. The molecular formula is C42H42N3+. The number of rotatable bonds is 11. The van der Waals surface area contributed by atoms with Gasteiger partial charge in [-0.25, -0.2) is 0 Å². The standard InChI is InChI=1S/C42H42N3/c1-5-44(34-15-9-7-10-16-34)36-25-21-32(22-26-36)42(40-29-30-41(43-31(3)4)39-20-14-13-19-38(39)40)33-23-27-37(28-24-33)45(6-2)35-17-11-8-12-18-35/h7-31,43H,5-6H2,1-4H3/q+1. The zero-order valence-electron chi connectivity index (χ0n) is 26.7. The number of hydrogen-bond acceptors (Lipinski definition) is 3. The maximum Gasteiger partial charge on any atom is 0.0638 e. The summed E-state index contributed by atoms with van der Waals surface area (Å²) >= 11 is 0. The Balaban J connectivity index is 1.45. The van der Waals surface area contributed by atoms with Gasteiger partial charge in [-0.15, -0.1) is 0 Å². The zero-order chi connectivity index (χ0) is 31.2. The van der Waals surface area contributed by atoms with Gasteiger partial charge in [0.2, 0.25) is 0 Å². The van der Waals surface area contributed by atoms with E-state index in [0.29, 0.717) is 6.04 Å². The molecule has 6 aromatic carbocycles. The van der Waals surface area contributed by atoms with Gasteiger partial charge in [0.15, 0.2) is 0 Å². The first-order valence-corrected chi connectivity index (χ1v) is 16.1. The molecule has 0 aliphatic heterocycles. The van der Waals surface area contributed by atoms with Crippen molar-refractivity contribution in [2.24, 2.45) is 0 Å². The first-order valence-electron chi connectivity index (χ1n) is 16.1. The minimum Gasteiger partial charge on any atom is -0.382 e. The molecule has 45 heavy (non-hydrogen) atoms. The van der Waals surface area contributed by atoms with Crippen LogP contribution < -0.4 is 15.1 Å². The van der Waals surface area contributed by atoms with Gasteiger partial charge in [0.05, 0.1) is 39.7 Å². The highest BCUT2D eigenvalue weighted by atomic mass is 15.1. The SMILES string of the molecule is CCN(c1ccccc1)c1ccc([C+](c2ccc(N(CC)c3ccccc3)cc2)c2ccc(NC(C)C)c3ccccc23)cc1. The summed E-state index contributed by atoms with van der Waals surface area (Å²) in [4.78, 5) is 4.70. The van der Waals surface area contributed by atoms with Crippen LogP contribution in [0.3, 0.4) is 0 Å². The molecule has 0 saturated heterocycles. The normalized spacial score (nSPS) is 11.0. The van der Waals surface area contributed by atoms with Gasteiger partial charge in [0.25, 0.3) is 0 Å². The Kier molecular flexibility index (Phi) is 9.07. The van der Waals surface area contributed by atoms with Crippen molar-refractivity contribution in [3.63, 3.8) is 0 Å². The Morgan fingerprint density at radius 3 is 1.36 bits per heavy atom. The molecule has 6 rings (SSSR count). The number of para-hydroxylation sites is 2. The van der Waals surface area contributed by atoms with E-state index in [1.54, 1.807) is 0 Å². The van der Waals surface area contributed by atoms with E-state index in [9.17, 15) is 0 Å². The third-order valence-electron chi connectivity index (χ3n) is 8.34. The highest BCUT2D eigenvalue weighted by Gasteiger charge is 2.26. The Hall–Kier alpha value is -5.15. The second-order valence-corrected chi connectivity index (χ2v) is 11.6. The van der Waals surface area contributed by atoms with Crippen LogP contribution in [0.1, 0.15) is 44.4 Å². The van der Waals surface area contributed by atoms with Crippen LogP contribution in [0.4, 0.5) is 28.4 Å². The molecule has 224 valence electrons. The first kappa shape index (κ1) is 29.9. The van der Waals surface area contributed by atoms with Crippen LogP contribution in [0.25, 0.3) is 10.8 Å². The fourth-order valence-corrected chi connectivity index (χ4v) is 6.29. The molecule has 0 fully saturated rings. The van der Waals surface area contributed by atoms with E-state index in [0.717, 1.165) is 18.8 Å². The molecule has 0 atom stereocenters. The fourth-order valence-electron chi connectivity index (χ4n) is 6.29. The van der Waals surface area contributed by atoms with E-state index in [2.05, 4.69) is 188 Å². The van der Waals surface area contributed by atoms with Gasteiger partial charge < -0.3 is 15.1 Å². The molecule has 1 N–H and O–H groups in total. The molecule has 0 spiro atoms. The van der Waals surface area contributed by atoms with Crippen molar-refractivity contribution in [1.82, 2.24) is 0 Å². The van der Waals surface area contributed by atoms with Gasteiger partial charge in [-0.2, -0.15) is 0 Å². The minimum atomic E-state index is 0.347. The maximum atomic E-state index is 3.66. The van der Waals surface area contributed by atoms with Crippen LogP contribution in [0.15, 0.2) is 146 Å². The van der Waals surface area contributed by atoms with Crippen LogP contribution in [0.2, 0.25) is 0 Å². The van der Waals surface area contributed by atoms with E-state index < -0.39 is 0 Å². The van der Waals surface area contributed by atoms with Crippen molar-refractivity contribution >= 4 is 39.2 Å². The second kappa shape index (κ2) is 13.7. The van der Waals surface area contributed by atoms with Gasteiger partial charge in [-0.3, -0.25) is 0 Å². The van der Waals surface area contributed by atoms with Crippen LogP contribution in [-0.2, 0) is 0 Å². The number of nitrogens with zero attached hydrogens (tertiary/aromatic N) is 2. The van der Waals surface area contributed by atoms with E-state index in [4.69, 9.17) is 0 Å². The number of anilines is 5. The summed E-state index contributed by atoms with van der Waals surface area (Å²) < 4.78 is 0. The summed E-state index contributed by atoms with van der Waals surface area (Å²) in [5, 5.41) is 6.13. The van der Waals surface area contributed by atoms with Crippen LogP contribution in [-0.4, -0.2) is 19.1 Å². The highest BCUT2D eigenvalue weighted by molar-refractivity contribution is 5.98. The molecule has 0 aliphatic carbocycles. The quantitative estimate of drug-likeness (QED) is 0.120. The van der Waals surface area contributed by atoms with E-state index in [1.165, 1.54) is 56.1 Å². The van der Waals surface area contributed by atoms with E-state index in [1.807, 2.05) is 0 Å². The summed E-state index contributed by atoms with van der Waals surface area (Å²) in [6.45, 7) is 10.6. The van der Waals surface area contributed by atoms with Crippen molar-refractivity contribution in [1.29, 1.82) is 0 Å². The zero-order valence-corrected chi connectivity index (χ0v) is 26.7. The fraction of sp³-hybridized carbons (Fsp3) is 0.167. The molecule has 0 heterocycles. The third kappa shape index (κ3) is 6.39. The second-order valence-electron chi connectivity index (χ2n) is 11.6. The van der Waals surface area contributed by atoms with Gasteiger partial charge in [0.1, 0.15) is 0 Å².